The van der Waals surface area contributed by atoms with E-state index in [9.17, 15) is 9.18 Å². The van der Waals surface area contributed by atoms with Crippen molar-refractivity contribution in [2.45, 2.75) is 13.8 Å². The molecule has 1 aromatic heterocycles. The van der Waals surface area contributed by atoms with Gasteiger partial charge in [0.05, 0.1) is 11.3 Å². The smallest absolute Gasteiger partial charge is 0.155 e. The first-order valence-corrected chi connectivity index (χ1v) is 6.10. The summed E-state index contributed by atoms with van der Waals surface area (Å²) >= 11 is 0. The zero-order chi connectivity index (χ0) is 14.0. The summed E-state index contributed by atoms with van der Waals surface area (Å²) in [5.74, 6) is 0.378. The standard InChI is InChI=1S/C14H16FN3O/c1-4-18(12-7-5-6-11(15)8-12)14-13(9-19)10(2)16-17(14)3/h5-9H,4H2,1-3H3. The molecule has 2 rings (SSSR count). The Hall–Kier alpha value is -2.17. The Balaban J connectivity index is 2.57. The number of hydrogen-bond donors (Lipinski definition) is 0. The van der Waals surface area contributed by atoms with Crippen molar-refractivity contribution >= 4 is 17.8 Å². The fourth-order valence-electron chi connectivity index (χ4n) is 2.22. The Kier molecular flexibility index (Phi) is 3.64. The van der Waals surface area contributed by atoms with Crippen LogP contribution in [0.2, 0.25) is 0 Å². The van der Waals surface area contributed by atoms with E-state index in [4.69, 9.17) is 0 Å². The zero-order valence-corrected chi connectivity index (χ0v) is 11.2. The zero-order valence-electron chi connectivity index (χ0n) is 11.2. The lowest BCUT2D eigenvalue weighted by Crippen LogP contribution is -2.20. The van der Waals surface area contributed by atoms with Gasteiger partial charge in [-0.1, -0.05) is 6.07 Å². The van der Waals surface area contributed by atoms with E-state index in [-0.39, 0.29) is 5.82 Å². The summed E-state index contributed by atoms with van der Waals surface area (Å²) < 4.78 is 15.0. The molecule has 100 valence electrons. The number of nitrogens with zero attached hydrogens (tertiary/aromatic N) is 3. The average Bonchev–Trinajstić information content (AvgIpc) is 2.65. The lowest BCUT2D eigenvalue weighted by Gasteiger charge is -2.23. The molecule has 5 heteroatoms. The Morgan fingerprint density at radius 3 is 2.79 bits per heavy atom. The molecule has 2 aromatic rings. The summed E-state index contributed by atoms with van der Waals surface area (Å²) in [6.45, 7) is 4.34. The van der Waals surface area contributed by atoms with Crippen molar-refractivity contribution in [2.75, 3.05) is 11.4 Å². The second kappa shape index (κ2) is 5.22. The molecule has 0 amide bonds. The van der Waals surface area contributed by atoms with Gasteiger partial charge in [-0.15, -0.1) is 0 Å². The summed E-state index contributed by atoms with van der Waals surface area (Å²) in [5, 5.41) is 4.25. The minimum atomic E-state index is -0.303. The number of aldehydes is 1. The van der Waals surface area contributed by atoms with Crippen LogP contribution in [0.15, 0.2) is 24.3 Å². The molecule has 4 nitrogen and oxygen atoms in total. The molecular formula is C14H16FN3O. The highest BCUT2D eigenvalue weighted by Gasteiger charge is 2.19. The number of carbonyl (C=O) groups excluding carboxylic acids is 1. The van der Waals surface area contributed by atoms with E-state index < -0.39 is 0 Å². The van der Waals surface area contributed by atoms with Gasteiger partial charge >= 0.3 is 0 Å². The van der Waals surface area contributed by atoms with Crippen LogP contribution < -0.4 is 4.90 Å². The van der Waals surface area contributed by atoms with Gasteiger partial charge in [0, 0.05) is 19.3 Å². The molecule has 1 heterocycles. The van der Waals surface area contributed by atoms with Gasteiger partial charge < -0.3 is 4.90 Å². The number of aromatic nitrogens is 2. The van der Waals surface area contributed by atoms with E-state index in [0.29, 0.717) is 29.3 Å². The number of anilines is 2. The molecule has 0 aliphatic carbocycles. The number of halogens is 1. The number of rotatable bonds is 4. The van der Waals surface area contributed by atoms with Crippen LogP contribution in [0.25, 0.3) is 0 Å². The molecule has 1 aromatic carbocycles. The molecule has 0 saturated heterocycles. The normalized spacial score (nSPS) is 10.5. The van der Waals surface area contributed by atoms with Crippen molar-refractivity contribution in [1.29, 1.82) is 0 Å². The Labute approximate surface area is 111 Å². The first kappa shape index (κ1) is 13.3. The lowest BCUT2D eigenvalue weighted by molar-refractivity contribution is 0.112. The molecule has 0 bridgehead atoms. The highest BCUT2D eigenvalue weighted by atomic mass is 19.1. The van der Waals surface area contributed by atoms with E-state index >= 15 is 0 Å². The van der Waals surface area contributed by atoms with Crippen LogP contribution in [-0.2, 0) is 7.05 Å². The topological polar surface area (TPSA) is 38.1 Å². The van der Waals surface area contributed by atoms with Crippen molar-refractivity contribution in [3.8, 4) is 0 Å². The van der Waals surface area contributed by atoms with Crippen LogP contribution in [-0.4, -0.2) is 22.6 Å². The molecule has 19 heavy (non-hydrogen) atoms. The van der Waals surface area contributed by atoms with E-state index in [1.54, 1.807) is 24.7 Å². The first-order valence-electron chi connectivity index (χ1n) is 6.10. The molecule has 0 aliphatic heterocycles. The molecule has 0 fully saturated rings. The summed E-state index contributed by atoms with van der Waals surface area (Å²) in [4.78, 5) is 13.1. The maximum atomic E-state index is 13.3. The highest BCUT2D eigenvalue weighted by Crippen LogP contribution is 2.29. The Morgan fingerprint density at radius 2 is 2.21 bits per heavy atom. The van der Waals surface area contributed by atoms with Gasteiger partial charge in [0.15, 0.2) is 6.29 Å². The van der Waals surface area contributed by atoms with Gasteiger partial charge in [0.25, 0.3) is 0 Å². The van der Waals surface area contributed by atoms with Crippen LogP contribution in [0, 0.1) is 12.7 Å². The predicted octanol–water partition coefficient (Wildman–Crippen LogP) is 2.84. The van der Waals surface area contributed by atoms with Crippen LogP contribution >= 0.6 is 0 Å². The van der Waals surface area contributed by atoms with Gasteiger partial charge in [0.2, 0.25) is 0 Å². The van der Waals surface area contributed by atoms with Gasteiger partial charge in [-0.3, -0.25) is 9.48 Å². The summed E-state index contributed by atoms with van der Waals surface area (Å²) in [5.41, 5.74) is 1.91. The van der Waals surface area contributed by atoms with Crippen molar-refractivity contribution < 1.29 is 9.18 Å². The maximum Gasteiger partial charge on any atom is 0.155 e. The van der Waals surface area contributed by atoms with Gasteiger partial charge in [0.1, 0.15) is 11.6 Å². The second-order valence-corrected chi connectivity index (χ2v) is 4.29. The Bertz CT molecular complexity index is 607. The monoisotopic (exact) mass is 261 g/mol. The average molecular weight is 261 g/mol. The van der Waals surface area contributed by atoms with Gasteiger partial charge in [-0.05, 0) is 32.0 Å². The molecule has 0 aliphatic rings. The highest BCUT2D eigenvalue weighted by molar-refractivity contribution is 5.86. The van der Waals surface area contributed by atoms with E-state index in [1.807, 2.05) is 17.9 Å². The largest absolute Gasteiger partial charge is 0.326 e. The van der Waals surface area contributed by atoms with Crippen LogP contribution in [0.3, 0.4) is 0 Å². The molecule has 0 atom stereocenters. The molecule has 0 unspecified atom stereocenters. The molecular weight excluding hydrogens is 245 g/mol. The third-order valence-electron chi connectivity index (χ3n) is 3.05. The Morgan fingerprint density at radius 1 is 1.47 bits per heavy atom. The summed E-state index contributed by atoms with van der Waals surface area (Å²) in [6.07, 6.45) is 0.791. The SMILES string of the molecule is CCN(c1cccc(F)c1)c1c(C=O)c(C)nn1C. The minimum absolute atomic E-state index is 0.303. The summed E-state index contributed by atoms with van der Waals surface area (Å²) in [6, 6.07) is 6.30. The fraction of sp³-hybridized carbons (Fsp3) is 0.286. The maximum absolute atomic E-state index is 13.3. The van der Waals surface area contributed by atoms with Crippen molar-refractivity contribution in [2.24, 2.45) is 7.05 Å². The minimum Gasteiger partial charge on any atom is -0.326 e. The predicted molar refractivity (Wildman–Crippen MR) is 72.4 cm³/mol. The molecule has 0 N–H and O–H groups in total. The lowest BCUT2D eigenvalue weighted by atomic mass is 10.2. The fourth-order valence-corrected chi connectivity index (χ4v) is 2.22. The van der Waals surface area contributed by atoms with E-state index in [2.05, 4.69) is 5.10 Å². The van der Waals surface area contributed by atoms with Crippen LogP contribution in [0.1, 0.15) is 23.0 Å². The second-order valence-electron chi connectivity index (χ2n) is 4.29. The van der Waals surface area contributed by atoms with E-state index in [1.165, 1.54) is 12.1 Å². The van der Waals surface area contributed by atoms with Crippen molar-refractivity contribution in [3.63, 3.8) is 0 Å². The van der Waals surface area contributed by atoms with Gasteiger partial charge in [-0.2, -0.15) is 5.10 Å². The number of carbonyl (C=O) groups is 1. The molecule has 0 spiro atoms. The van der Waals surface area contributed by atoms with Gasteiger partial charge in [-0.25, -0.2) is 4.39 Å². The number of benzene rings is 1. The number of hydrogen-bond acceptors (Lipinski definition) is 3. The van der Waals surface area contributed by atoms with Crippen molar-refractivity contribution in [3.05, 3.63) is 41.3 Å². The summed E-state index contributed by atoms with van der Waals surface area (Å²) in [7, 11) is 1.78. The third kappa shape index (κ3) is 2.36. The molecule has 0 saturated carbocycles. The molecule has 0 radical (unpaired) electrons. The van der Waals surface area contributed by atoms with Crippen LogP contribution in [0.4, 0.5) is 15.9 Å². The van der Waals surface area contributed by atoms with E-state index in [0.717, 1.165) is 6.29 Å². The quantitative estimate of drug-likeness (QED) is 0.794. The first-order chi connectivity index (χ1) is 9.08. The third-order valence-corrected chi connectivity index (χ3v) is 3.05. The number of aryl methyl sites for hydroxylation is 2. The van der Waals surface area contributed by atoms with Crippen molar-refractivity contribution in [1.82, 2.24) is 9.78 Å². The van der Waals surface area contributed by atoms with Crippen LogP contribution in [0.5, 0.6) is 0 Å².